The molecular weight excluding hydrogens is 356 g/mol. The number of hydrogen-bond acceptors (Lipinski definition) is 11. The molecule has 1 aromatic heterocycles. The van der Waals surface area contributed by atoms with Gasteiger partial charge in [0.2, 0.25) is 0 Å². The monoisotopic (exact) mass is 374 g/mol. The van der Waals surface area contributed by atoms with Crippen molar-refractivity contribution in [3.8, 4) is 0 Å². The van der Waals surface area contributed by atoms with Gasteiger partial charge in [0, 0.05) is 6.20 Å². The summed E-state index contributed by atoms with van der Waals surface area (Å²) in [6, 6.07) is -0.167. The smallest absolute Gasteiger partial charge is 0.351 e. The van der Waals surface area contributed by atoms with Gasteiger partial charge in [-0.25, -0.2) is 4.79 Å². The number of carboxylic acids is 1. The summed E-state index contributed by atoms with van der Waals surface area (Å²) in [6.45, 7) is -0.515. The molecule has 0 spiro atoms. The number of aliphatic carboxylic acids is 1. The molecule has 1 fully saturated rings. The Balaban J connectivity index is 2.02. The zero-order valence-corrected chi connectivity index (χ0v) is 13.3. The van der Waals surface area contributed by atoms with Gasteiger partial charge in [-0.2, -0.15) is 4.98 Å². The zero-order chi connectivity index (χ0) is 19.4. The molecule has 0 radical (unpaired) electrons. The van der Waals surface area contributed by atoms with E-state index in [0.29, 0.717) is 0 Å². The van der Waals surface area contributed by atoms with Crippen molar-refractivity contribution in [2.45, 2.75) is 37.0 Å². The number of aromatic nitrogens is 2. The fraction of sp³-hybridized carbons (Fsp3) is 0.538. The van der Waals surface area contributed by atoms with Gasteiger partial charge in [0.15, 0.2) is 12.0 Å². The van der Waals surface area contributed by atoms with Gasteiger partial charge in [-0.05, 0) is 6.07 Å². The van der Waals surface area contributed by atoms with Crippen LogP contribution in [0, 0.1) is 0 Å². The second kappa shape index (κ2) is 8.20. The van der Waals surface area contributed by atoms with Crippen LogP contribution in [0.1, 0.15) is 12.6 Å². The van der Waals surface area contributed by atoms with Gasteiger partial charge in [0.25, 0.3) is 0 Å². The van der Waals surface area contributed by atoms with Crippen LogP contribution in [0.4, 0.5) is 5.82 Å². The van der Waals surface area contributed by atoms with Gasteiger partial charge in [0.05, 0.1) is 6.42 Å². The molecule has 0 bridgehead atoms. The molecule has 0 saturated carbocycles. The first kappa shape index (κ1) is 19.7. The first-order valence-electron chi connectivity index (χ1n) is 7.39. The van der Waals surface area contributed by atoms with Crippen LogP contribution in [0.15, 0.2) is 17.1 Å². The summed E-state index contributed by atoms with van der Waals surface area (Å²) in [4.78, 5) is 37.4. The maximum Gasteiger partial charge on any atom is 0.351 e. The Morgan fingerprint density at radius 1 is 1.42 bits per heavy atom. The molecule has 1 aromatic rings. The molecule has 1 saturated heterocycles. The maximum absolute atomic E-state index is 11.9. The molecule has 0 unspecified atom stereocenters. The second-order valence-electron chi connectivity index (χ2n) is 5.50. The highest BCUT2D eigenvalue weighted by Gasteiger charge is 2.44. The van der Waals surface area contributed by atoms with Gasteiger partial charge in [-0.1, -0.05) is 0 Å². The Morgan fingerprint density at radius 3 is 2.69 bits per heavy atom. The lowest BCUT2D eigenvalue weighted by Gasteiger charge is -2.17. The highest BCUT2D eigenvalue weighted by atomic mass is 16.6. The molecule has 0 aromatic carbocycles. The van der Waals surface area contributed by atoms with E-state index in [2.05, 4.69) is 4.98 Å². The van der Waals surface area contributed by atoms with E-state index < -0.39 is 61.2 Å². The molecule has 2 heterocycles. The second-order valence-corrected chi connectivity index (χ2v) is 5.50. The summed E-state index contributed by atoms with van der Waals surface area (Å²) in [5.74, 6) is -2.43. The topological polar surface area (TPSA) is 206 Å². The lowest BCUT2D eigenvalue weighted by atomic mass is 10.1. The van der Waals surface area contributed by atoms with Crippen molar-refractivity contribution in [2.75, 3.05) is 12.1 Å². The molecule has 0 amide bonds. The molecule has 144 valence electrons. The lowest BCUT2D eigenvalue weighted by Crippen LogP contribution is -2.39. The number of nitrogens with one attached hydrogen (secondary N) is 1. The first-order valence-corrected chi connectivity index (χ1v) is 7.39. The van der Waals surface area contributed by atoms with E-state index in [-0.39, 0.29) is 5.82 Å². The molecule has 1 aliphatic heterocycles. The molecule has 5 atom stereocenters. The Kier molecular flexibility index (Phi) is 6.23. The summed E-state index contributed by atoms with van der Waals surface area (Å²) < 4.78 is 11.0. The number of rotatable bonds is 7. The number of carbonyl (C=O) groups excluding carboxylic acids is 1. The summed E-state index contributed by atoms with van der Waals surface area (Å²) in [6.07, 6.45) is -4.98. The number of anilines is 1. The van der Waals surface area contributed by atoms with E-state index in [1.165, 1.54) is 12.3 Å². The number of carbonyl (C=O) groups is 2. The van der Waals surface area contributed by atoms with Gasteiger partial charge in [-0.15, -0.1) is 0 Å². The Morgan fingerprint density at radius 2 is 2.12 bits per heavy atom. The Hall–Kier alpha value is -2.58. The van der Waals surface area contributed by atoms with Crippen molar-refractivity contribution in [3.05, 3.63) is 22.7 Å². The van der Waals surface area contributed by atoms with Crippen LogP contribution in [0.5, 0.6) is 0 Å². The van der Waals surface area contributed by atoms with Crippen molar-refractivity contribution in [1.82, 2.24) is 9.55 Å². The van der Waals surface area contributed by atoms with Crippen LogP contribution in [0.3, 0.4) is 0 Å². The largest absolute Gasteiger partial charge is 0.481 e. The predicted octanol–water partition coefficient (Wildman–Crippen LogP) is -2.99. The first-order chi connectivity index (χ1) is 12.2. The molecule has 0 aliphatic carbocycles. The summed E-state index contributed by atoms with van der Waals surface area (Å²) in [7, 11) is 0. The average molecular weight is 374 g/mol. The van der Waals surface area contributed by atoms with E-state index in [1.54, 1.807) is 5.48 Å². The van der Waals surface area contributed by atoms with E-state index in [0.717, 1.165) is 4.57 Å². The van der Waals surface area contributed by atoms with Crippen LogP contribution in [0.2, 0.25) is 0 Å². The minimum Gasteiger partial charge on any atom is -0.481 e. The van der Waals surface area contributed by atoms with Crippen molar-refractivity contribution < 1.29 is 39.6 Å². The minimum absolute atomic E-state index is 0.128. The zero-order valence-electron chi connectivity index (χ0n) is 13.3. The number of nitrogens with two attached hydrogens (primary N) is 1. The maximum atomic E-state index is 11.9. The predicted molar refractivity (Wildman–Crippen MR) is 81.0 cm³/mol. The van der Waals surface area contributed by atoms with Crippen molar-refractivity contribution in [2.24, 2.45) is 5.73 Å². The van der Waals surface area contributed by atoms with Crippen molar-refractivity contribution in [3.63, 3.8) is 0 Å². The fourth-order valence-corrected chi connectivity index (χ4v) is 2.31. The third-order valence-corrected chi connectivity index (χ3v) is 3.64. The van der Waals surface area contributed by atoms with Crippen molar-refractivity contribution in [1.29, 1.82) is 0 Å². The molecule has 13 heteroatoms. The van der Waals surface area contributed by atoms with Crippen LogP contribution in [-0.4, -0.2) is 73.0 Å². The number of carboxylic acid groups (broad SMARTS) is 1. The third kappa shape index (κ3) is 4.33. The number of aliphatic hydroxyl groups excluding tert-OH is 2. The van der Waals surface area contributed by atoms with Crippen LogP contribution in [-0.2, 0) is 19.1 Å². The Labute approximate surface area is 145 Å². The van der Waals surface area contributed by atoms with Gasteiger partial charge >= 0.3 is 17.6 Å². The molecule has 13 nitrogen and oxygen atoms in total. The van der Waals surface area contributed by atoms with Crippen LogP contribution >= 0.6 is 0 Å². The van der Waals surface area contributed by atoms with Crippen molar-refractivity contribution >= 4 is 17.8 Å². The van der Waals surface area contributed by atoms with E-state index >= 15 is 0 Å². The normalized spacial score (nSPS) is 26.3. The summed E-state index contributed by atoms with van der Waals surface area (Å²) in [5, 5.41) is 37.3. The summed E-state index contributed by atoms with van der Waals surface area (Å²) in [5.41, 5.74) is 6.15. The number of hydrogen-bond donors (Lipinski definition) is 6. The van der Waals surface area contributed by atoms with Gasteiger partial charge in [0.1, 0.15) is 31.0 Å². The lowest BCUT2D eigenvalue weighted by molar-refractivity contribution is -0.154. The third-order valence-electron chi connectivity index (χ3n) is 3.64. The van der Waals surface area contributed by atoms with Crippen LogP contribution < -0.4 is 16.9 Å². The molecular formula is C13H18N4O9. The SMILES string of the molecule is N[C@H](CC(=O)O)C(=O)OC[C@H]1O[C@@H](n2ccc(NO)nc2=O)[C@H](O)[C@@H]1O. The van der Waals surface area contributed by atoms with Gasteiger partial charge < -0.3 is 30.5 Å². The average Bonchev–Trinajstić information content (AvgIpc) is 2.87. The highest BCUT2D eigenvalue weighted by Crippen LogP contribution is 2.28. The number of aliphatic hydroxyl groups is 2. The quantitative estimate of drug-likeness (QED) is 0.209. The minimum atomic E-state index is -1.53. The van der Waals surface area contributed by atoms with Gasteiger partial charge in [-0.3, -0.25) is 24.8 Å². The number of esters is 1. The molecule has 26 heavy (non-hydrogen) atoms. The summed E-state index contributed by atoms with van der Waals surface area (Å²) >= 11 is 0. The molecule has 7 N–H and O–H groups in total. The fourth-order valence-electron chi connectivity index (χ4n) is 2.31. The van der Waals surface area contributed by atoms with Crippen LogP contribution in [0.25, 0.3) is 0 Å². The van der Waals surface area contributed by atoms with E-state index in [1.807, 2.05) is 0 Å². The van der Waals surface area contributed by atoms with E-state index in [9.17, 15) is 24.6 Å². The van der Waals surface area contributed by atoms with E-state index in [4.69, 9.17) is 25.5 Å². The molecule has 2 rings (SSSR count). The Bertz CT molecular complexity index is 724. The number of nitrogens with zero attached hydrogens (tertiary/aromatic N) is 2. The molecule has 1 aliphatic rings. The standard InChI is InChI=1S/C13H18N4O9/c14-5(3-8(18)19)12(22)25-4-6-9(20)10(21)11(26-6)17-2-1-7(16-24)15-13(17)23/h1-2,5-6,9-11,20-21,24H,3-4,14H2,(H,18,19)(H,15,16,23)/t5-,6-,9-,10-,11-/m1/s1. The highest BCUT2D eigenvalue weighted by molar-refractivity contribution is 5.81. The number of ether oxygens (including phenoxy) is 2.